The molecule has 0 fully saturated rings. The van der Waals surface area contributed by atoms with Crippen molar-refractivity contribution in [2.45, 2.75) is 19.8 Å². The van der Waals surface area contributed by atoms with Crippen molar-refractivity contribution in [1.29, 1.82) is 0 Å². The number of hydrogen-bond donors (Lipinski definition) is 2. The molecule has 2 aromatic carbocycles. The molecule has 0 unspecified atom stereocenters. The molecule has 8 nitrogen and oxygen atoms in total. The Morgan fingerprint density at radius 1 is 1.09 bits per heavy atom. The Labute approximate surface area is 197 Å². The molecule has 4 aromatic rings. The number of benzene rings is 2. The number of carbonyl (C=O) groups is 1. The SMILES string of the molecule is COc1ccc(C(=O)NCCNc2nc(C(C)C)nc3c2cnn3-c2ccccc2Cl)cc1. The lowest BCUT2D eigenvalue weighted by atomic mass is 10.2. The van der Waals surface area contributed by atoms with Gasteiger partial charge in [0.2, 0.25) is 0 Å². The number of amides is 1. The van der Waals surface area contributed by atoms with Crippen molar-refractivity contribution >= 4 is 34.4 Å². The van der Waals surface area contributed by atoms with E-state index in [4.69, 9.17) is 21.3 Å². The van der Waals surface area contributed by atoms with Gasteiger partial charge < -0.3 is 15.4 Å². The van der Waals surface area contributed by atoms with E-state index in [0.717, 1.165) is 11.1 Å². The van der Waals surface area contributed by atoms with Crippen LogP contribution < -0.4 is 15.4 Å². The molecule has 170 valence electrons. The summed E-state index contributed by atoms with van der Waals surface area (Å²) < 4.78 is 6.85. The lowest BCUT2D eigenvalue weighted by Crippen LogP contribution is -2.29. The zero-order chi connectivity index (χ0) is 23.4. The molecule has 1 amide bonds. The summed E-state index contributed by atoms with van der Waals surface area (Å²) in [5.74, 6) is 2.04. The Bertz CT molecular complexity index is 1270. The first-order valence-electron chi connectivity index (χ1n) is 10.6. The molecule has 2 heterocycles. The van der Waals surface area contributed by atoms with E-state index in [1.54, 1.807) is 42.3 Å². The van der Waals surface area contributed by atoms with Crippen molar-refractivity contribution < 1.29 is 9.53 Å². The first-order valence-corrected chi connectivity index (χ1v) is 11.0. The number of methoxy groups -OCH3 is 1. The molecule has 4 rings (SSSR count). The number of carbonyl (C=O) groups excluding carboxylic acids is 1. The third kappa shape index (κ3) is 4.90. The Hall–Kier alpha value is -3.65. The van der Waals surface area contributed by atoms with E-state index in [9.17, 15) is 4.79 Å². The summed E-state index contributed by atoms with van der Waals surface area (Å²) in [4.78, 5) is 21.8. The van der Waals surface area contributed by atoms with Crippen LogP contribution in [-0.4, -0.2) is 45.9 Å². The number of nitrogens with one attached hydrogen (secondary N) is 2. The highest BCUT2D eigenvalue weighted by Gasteiger charge is 2.17. The fourth-order valence-electron chi connectivity index (χ4n) is 3.32. The van der Waals surface area contributed by atoms with Crippen molar-refractivity contribution in [3.05, 3.63) is 71.1 Å². The maximum absolute atomic E-state index is 12.4. The van der Waals surface area contributed by atoms with Crippen molar-refractivity contribution in [3.63, 3.8) is 0 Å². The van der Waals surface area contributed by atoms with Crippen LogP contribution in [0.15, 0.2) is 54.7 Å². The normalized spacial score (nSPS) is 11.1. The predicted molar refractivity (Wildman–Crippen MR) is 130 cm³/mol. The monoisotopic (exact) mass is 464 g/mol. The standard InChI is InChI=1S/C24H25ClN6O2/c1-15(2)21-29-22(26-12-13-27-24(32)16-8-10-17(33-3)11-9-16)18-14-28-31(23(18)30-21)20-7-5-4-6-19(20)25/h4-11,14-15H,12-13H2,1-3H3,(H,27,32)(H,26,29,30). The zero-order valence-electron chi connectivity index (χ0n) is 18.7. The quantitative estimate of drug-likeness (QED) is 0.374. The van der Waals surface area contributed by atoms with Crippen LogP contribution in [0.1, 0.15) is 35.9 Å². The van der Waals surface area contributed by atoms with Gasteiger partial charge in [0, 0.05) is 24.6 Å². The van der Waals surface area contributed by atoms with Crippen LogP contribution in [0.2, 0.25) is 5.02 Å². The number of nitrogens with zero attached hydrogens (tertiary/aromatic N) is 4. The van der Waals surface area contributed by atoms with Gasteiger partial charge >= 0.3 is 0 Å². The smallest absolute Gasteiger partial charge is 0.251 e. The minimum absolute atomic E-state index is 0.124. The Balaban J connectivity index is 1.51. The van der Waals surface area contributed by atoms with Gasteiger partial charge in [0.15, 0.2) is 5.65 Å². The van der Waals surface area contributed by atoms with E-state index in [2.05, 4.69) is 20.7 Å². The minimum Gasteiger partial charge on any atom is -0.497 e. The van der Waals surface area contributed by atoms with Crippen LogP contribution >= 0.6 is 11.6 Å². The Morgan fingerprint density at radius 3 is 2.55 bits per heavy atom. The number of rotatable bonds is 8. The minimum atomic E-state index is -0.151. The first-order chi connectivity index (χ1) is 16.0. The molecular formula is C24H25ClN6O2. The molecule has 9 heteroatoms. The molecule has 0 saturated carbocycles. The number of aromatic nitrogens is 4. The van der Waals surface area contributed by atoms with Crippen LogP contribution in [0, 0.1) is 0 Å². The van der Waals surface area contributed by atoms with E-state index in [0.29, 0.717) is 46.7 Å². The molecule has 0 aliphatic carbocycles. The van der Waals surface area contributed by atoms with Crippen molar-refractivity contribution in [2.24, 2.45) is 0 Å². The molecule has 0 aliphatic heterocycles. The highest BCUT2D eigenvalue weighted by Crippen LogP contribution is 2.27. The number of fused-ring (bicyclic) bond motifs is 1. The molecule has 2 aromatic heterocycles. The highest BCUT2D eigenvalue weighted by atomic mass is 35.5. The molecule has 0 spiro atoms. The summed E-state index contributed by atoms with van der Waals surface area (Å²) in [7, 11) is 1.59. The van der Waals surface area contributed by atoms with Gasteiger partial charge in [-0.3, -0.25) is 4.79 Å². The summed E-state index contributed by atoms with van der Waals surface area (Å²) in [5.41, 5.74) is 2.00. The van der Waals surface area contributed by atoms with Gasteiger partial charge in [0.25, 0.3) is 5.91 Å². The molecule has 0 aliphatic rings. The summed E-state index contributed by atoms with van der Waals surface area (Å²) in [6.07, 6.45) is 1.72. The second-order valence-corrected chi connectivity index (χ2v) is 8.15. The van der Waals surface area contributed by atoms with Crippen LogP contribution in [0.4, 0.5) is 5.82 Å². The molecule has 0 radical (unpaired) electrons. The average Bonchev–Trinajstić information content (AvgIpc) is 3.26. The fraction of sp³-hybridized carbons (Fsp3) is 0.250. The third-order valence-corrected chi connectivity index (χ3v) is 5.42. The summed E-state index contributed by atoms with van der Waals surface area (Å²) in [5, 5.41) is 12.1. The fourth-order valence-corrected chi connectivity index (χ4v) is 3.53. The largest absolute Gasteiger partial charge is 0.497 e. The van der Waals surface area contributed by atoms with E-state index in [-0.39, 0.29) is 11.8 Å². The number of ether oxygens (including phenoxy) is 1. The van der Waals surface area contributed by atoms with Gasteiger partial charge in [-0.25, -0.2) is 14.6 Å². The first kappa shape index (κ1) is 22.5. The second-order valence-electron chi connectivity index (χ2n) is 7.74. The maximum atomic E-state index is 12.4. The topological polar surface area (TPSA) is 94.0 Å². The van der Waals surface area contributed by atoms with Gasteiger partial charge in [-0.05, 0) is 36.4 Å². The molecular weight excluding hydrogens is 440 g/mol. The zero-order valence-corrected chi connectivity index (χ0v) is 19.4. The molecule has 0 bridgehead atoms. The van der Waals surface area contributed by atoms with Gasteiger partial charge in [-0.1, -0.05) is 37.6 Å². The average molecular weight is 465 g/mol. The summed E-state index contributed by atoms with van der Waals surface area (Å²) in [6.45, 7) is 4.99. The summed E-state index contributed by atoms with van der Waals surface area (Å²) >= 11 is 6.39. The molecule has 33 heavy (non-hydrogen) atoms. The van der Waals surface area contributed by atoms with E-state index >= 15 is 0 Å². The number of para-hydroxylation sites is 1. The van der Waals surface area contributed by atoms with Gasteiger partial charge in [0.1, 0.15) is 17.4 Å². The van der Waals surface area contributed by atoms with Crippen LogP contribution in [0.3, 0.4) is 0 Å². The number of hydrogen-bond acceptors (Lipinski definition) is 6. The third-order valence-electron chi connectivity index (χ3n) is 5.10. The molecule has 0 saturated heterocycles. The number of halogens is 1. The maximum Gasteiger partial charge on any atom is 0.251 e. The number of anilines is 1. The molecule has 0 atom stereocenters. The molecule has 2 N–H and O–H groups in total. The van der Waals surface area contributed by atoms with Gasteiger partial charge in [-0.2, -0.15) is 5.10 Å². The van der Waals surface area contributed by atoms with E-state index in [1.165, 1.54) is 0 Å². The lowest BCUT2D eigenvalue weighted by Gasteiger charge is -2.12. The van der Waals surface area contributed by atoms with Crippen molar-refractivity contribution in [2.75, 3.05) is 25.5 Å². The highest BCUT2D eigenvalue weighted by molar-refractivity contribution is 6.32. The van der Waals surface area contributed by atoms with Crippen LogP contribution in [-0.2, 0) is 0 Å². The van der Waals surface area contributed by atoms with Gasteiger partial charge in [0.05, 0.1) is 29.4 Å². The van der Waals surface area contributed by atoms with E-state index in [1.807, 2.05) is 38.1 Å². The van der Waals surface area contributed by atoms with Crippen molar-refractivity contribution in [3.8, 4) is 11.4 Å². The van der Waals surface area contributed by atoms with E-state index < -0.39 is 0 Å². The van der Waals surface area contributed by atoms with Crippen molar-refractivity contribution in [1.82, 2.24) is 25.1 Å². The van der Waals surface area contributed by atoms with Crippen LogP contribution in [0.25, 0.3) is 16.7 Å². The lowest BCUT2D eigenvalue weighted by molar-refractivity contribution is 0.0955. The predicted octanol–water partition coefficient (Wildman–Crippen LogP) is 4.44. The van der Waals surface area contributed by atoms with Gasteiger partial charge in [-0.15, -0.1) is 0 Å². The second kappa shape index (κ2) is 9.87. The Kier molecular flexibility index (Phi) is 6.74. The summed E-state index contributed by atoms with van der Waals surface area (Å²) in [6, 6.07) is 14.5. The van der Waals surface area contributed by atoms with Crippen LogP contribution in [0.5, 0.6) is 5.75 Å². The Morgan fingerprint density at radius 2 is 1.85 bits per heavy atom.